The van der Waals surface area contributed by atoms with E-state index in [1.807, 2.05) is 51.1 Å². The number of hydrogen-bond donors (Lipinski definition) is 3. The summed E-state index contributed by atoms with van der Waals surface area (Å²) in [5, 5.41) is 5.61. The molecule has 1 rings (SSSR count). The van der Waals surface area contributed by atoms with Crippen LogP contribution in [0.5, 0.6) is 0 Å². The molecule has 0 radical (unpaired) electrons. The summed E-state index contributed by atoms with van der Waals surface area (Å²) in [4.78, 5) is 53.6. The minimum absolute atomic E-state index is 0.0245. The van der Waals surface area contributed by atoms with Gasteiger partial charge < -0.3 is 26.0 Å². The molecule has 1 aromatic rings. The zero-order valence-electron chi connectivity index (χ0n) is 23.6. The molecular formula is C28H46N4O5. The van der Waals surface area contributed by atoms with Crippen LogP contribution in [-0.4, -0.2) is 52.4 Å². The largest absolute Gasteiger partial charge is 0.444 e. The molecule has 9 heteroatoms. The summed E-state index contributed by atoms with van der Waals surface area (Å²) in [5.74, 6) is -1.39. The highest BCUT2D eigenvalue weighted by Gasteiger charge is 2.43. The van der Waals surface area contributed by atoms with E-state index in [9.17, 15) is 19.2 Å². The van der Waals surface area contributed by atoms with Gasteiger partial charge in [0.05, 0.1) is 0 Å². The molecule has 0 fully saturated rings. The van der Waals surface area contributed by atoms with Crippen molar-refractivity contribution in [3.63, 3.8) is 0 Å². The molecule has 4 amide bonds. The van der Waals surface area contributed by atoms with Gasteiger partial charge in [0.15, 0.2) is 0 Å². The molecule has 0 spiro atoms. The number of nitrogens with zero attached hydrogens (tertiary/aromatic N) is 1. The molecule has 0 saturated heterocycles. The van der Waals surface area contributed by atoms with Crippen molar-refractivity contribution in [2.45, 2.75) is 110 Å². The molecule has 0 aromatic heterocycles. The molecular weight excluding hydrogens is 472 g/mol. The van der Waals surface area contributed by atoms with Gasteiger partial charge in [0.1, 0.15) is 17.7 Å². The lowest BCUT2D eigenvalue weighted by molar-refractivity contribution is -0.149. The summed E-state index contributed by atoms with van der Waals surface area (Å²) >= 11 is 0. The molecule has 1 aromatic carbocycles. The maximum atomic E-state index is 14.2. The van der Waals surface area contributed by atoms with Gasteiger partial charge in [-0.05, 0) is 59.4 Å². The first-order valence-corrected chi connectivity index (χ1v) is 13.2. The van der Waals surface area contributed by atoms with Crippen LogP contribution in [0.1, 0.15) is 98.6 Å². The Kier molecular flexibility index (Phi) is 12.6. The van der Waals surface area contributed by atoms with Gasteiger partial charge in [0.25, 0.3) is 0 Å². The Labute approximate surface area is 221 Å². The Bertz CT molecular complexity index is 896. The maximum Gasteiger partial charge on any atom is 0.408 e. The predicted octanol–water partition coefficient (Wildman–Crippen LogP) is 4.21. The molecule has 208 valence electrons. The van der Waals surface area contributed by atoms with Crippen LogP contribution < -0.4 is 16.4 Å². The first-order chi connectivity index (χ1) is 17.2. The van der Waals surface area contributed by atoms with Crippen molar-refractivity contribution >= 4 is 23.8 Å². The SMILES string of the molecule is CCCCCNC(=O)C(c1ccccc1)N(C(=O)C(CCC(N)=O)NC(=O)OC(C)(C)C)C(C)(C)CC. The van der Waals surface area contributed by atoms with Gasteiger partial charge in [-0.2, -0.15) is 0 Å². The van der Waals surface area contributed by atoms with Crippen molar-refractivity contribution in [1.82, 2.24) is 15.5 Å². The number of primary amides is 1. The number of ether oxygens (including phenoxy) is 1. The summed E-state index contributed by atoms with van der Waals surface area (Å²) in [6.45, 7) is 13.4. The van der Waals surface area contributed by atoms with Crippen LogP contribution in [0.2, 0.25) is 0 Å². The van der Waals surface area contributed by atoms with E-state index in [1.54, 1.807) is 20.8 Å². The normalized spacial score (nSPS) is 13.3. The van der Waals surface area contributed by atoms with E-state index in [4.69, 9.17) is 10.5 Å². The summed E-state index contributed by atoms with van der Waals surface area (Å²) in [5.41, 5.74) is 4.47. The number of nitrogens with two attached hydrogens (primary N) is 1. The number of hydrogen-bond acceptors (Lipinski definition) is 5. The van der Waals surface area contributed by atoms with Crippen LogP contribution in [0.15, 0.2) is 30.3 Å². The minimum atomic E-state index is -1.12. The van der Waals surface area contributed by atoms with Crippen molar-refractivity contribution in [2.75, 3.05) is 6.54 Å². The molecule has 2 unspecified atom stereocenters. The molecule has 0 heterocycles. The fourth-order valence-corrected chi connectivity index (χ4v) is 3.84. The lowest BCUT2D eigenvalue weighted by Crippen LogP contribution is -2.59. The molecule has 0 bridgehead atoms. The van der Waals surface area contributed by atoms with Gasteiger partial charge >= 0.3 is 6.09 Å². The molecule has 0 aliphatic rings. The minimum Gasteiger partial charge on any atom is -0.444 e. The van der Waals surface area contributed by atoms with Gasteiger partial charge in [0.2, 0.25) is 17.7 Å². The Morgan fingerprint density at radius 3 is 2.14 bits per heavy atom. The van der Waals surface area contributed by atoms with Crippen molar-refractivity contribution in [3.8, 4) is 0 Å². The van der Waals surface area contributed by atoms with Crippen molar-refractivity contribution < 1.29 is 23.9 Å². The first-order valence-electron chi connectivity index (χ1n) is 13.2. The molecule has 4 N–H and O–H groups in total. The second-order valence-corrected chi connectivity index (χ2v) is 10.9. The molecule has 0 aliphatic carbocycles. The van der Waals surface area contributed by atoms with Crippen molar-refractivity contribution in [3.05, 3.63) is 35.9 Å². The van der Waals surface area contributed by atoms with Crippen LogP contribution in [0.3, 0.4) is 0 Å². The number of amides is 4. The number of unbranched alkanes of at least 4 members (excludes halogenated alkanes) is 2. The van der Waals surface area contributed by atoms with E-state index in [0.717, 1.165) is 19.3 Å². The van der Waals surface area contributed by atoms with E-state index in [2.05, 4.69) is 17.6 Å². The highest BCUT2D eigenvalue weighted by atomic mass is 16.6. The Morgan fingerprint density at radius 1 is 1.00 bits per heavy atom. The first kappa shape index (κ1) is 31.9. The summed E-state index contributed by atoms with van der Waals surface area (Å²) in [6.07, 6.45) is 2.44. The van der Waals surface area contributed by atoms with Gasteiger partial charge in [-0.3, -0.25) is 14.4 Å². The van der Waals surface area contributed by atoms with Crippen LogP contribution in [0.25, 0.3) is 0 Å². The zero-order valence-corrected chi connectivity index (χ0v) is 23.6. The molecule has 9 nitrogen and oxygen atoms in total. The number of carbonyl (C=O) groups excluding carboxylic acids is 4. The highest BCUT2D eigenvalue weighted by molar-refractivity contribution is 5.93. The number of carbonyl (C=O) groups is 4. The third-order valence-corrected chi connectivity index (χ3v) is 6.12. The zero-order chi connectivity index (χ0) is 28.2. The monoisotopic (exact) mass is 518 g/mol. The maximum absolute atomic E-state index is 14.2. The quantitative estimate of drug-likeness (QED) is 0.318. The molecule has 2 atom stereocenters. The summed E-state index contributed by atoms with van der Waals surface area (Å²) in [7, 11) is 0. The molecule has 0 aliphatic heterocycles. The van der Waals surface area contributed by atoms with Crippen molar-refractivity contribution in [2.24, 2.45) is 5.73 Å². The topological polar surface area (TPSA) is 131 Å². The fourth-order valence-electron chi connectivity index (χ4n) is 3.84. The molecule has 0 saturated carbocycles. The fraction of sp³-hybridized carbons (Fsp3) is 0.643. The van der Waals surface area contributed by atoms with Crippen LogP contribution in [0, 0.1) is 0 Å². The number of nitrogens with one attached hydrogen (secondary N) is 2. The second kappa shape index (κ2) is 14.6. The second-order valence-electron chi connectivity index (χ2n) is 10.9. The van der Waals surface area contributed by atoms with Crippen LogP contribution in [-0.2, 0) is 19.1 Å². The van der Waals surface area contributed by atoms with E-state index < -0.39 is 41.1 Å². The average Bonchev–Trinajstić information content (AvgIpc) is 2.81. The van der Waals surface area contributed by atoms with Gasteiger partial charge in [-0.15, -0.1) is 0 Å². The van der Waals surface area contributed by atoms with Gasteiger partial charge in [0, 0.05) is 18.5 Å². The number of rotatable bonds is 14. The summed E-state index contributed by atoms with van der Waals surface area (Å²) in [6, 6.07) is 7.03. The lowest BCUT2D eigenvalue weighted by Gasteiger charge is -2.44. The van der Waals surface area contributed by atoms with E-state index in [-0.39, 0.29) is 18.7 Å². The average molecular weight is 519 g/mol. The Morgan fingerprint density at radius 2 is 1.62 bits per heavy atom. The summed E-state index contributed by atoms with van der Waals surface area (Å²) < 4.78 is 5.37. The van der Waals surface area contributed by atoms with Crippen LogP contribution >= 0.6 is 0 Å². The third-order valence-electron chi connectivity index (χ3n) is 6.12. The predicted molar refractivity (Wildman–Crippen MR) is 145 cm³/mol. The Balaban J connectivity index is 3.50. The highest BCUT2D eigenvalue weighted by Crippen LogP contribution is 2.32. The van der Waals surface area contributed by atoms with E-state index >= 15 is 0 Å². The van der Waals surface area contributed by atoms with E-state index in [0.29, 0.717) is 18.5 Å². The van der Waals surface area contributed by atoms with Gasteiger partial charge in [-0.25, -0.2) is 4.79 Å². The number of benzene rings is 1. The number of alkyl carbamates (subject to hydrolysis) is 1. The smallest absolute Gasteiger partial charge is 0.408 e. The van der Waals surface area contributed by atoms with Gasteiger partial charge in [-0.1, -0.05) is 57.0 Å². The molecule has 37 heavy (non-hydrogen) atoms. The Hall–Kier alpha value is -3.10. The van der Waals surface area contributed by atoms with Crippen molar-refractivity contribution in [1.29, 1.82) is 0 Å². The third kappa shape index (κ3) is 10.8. The van der Waals surface area contributed by atoms with E-state index in [1.165, 1.54) is 4.90 Å². The standard InChI is InChI=1S/C28H46N4O5/c1-8-10-14-19-30-24(34)23(20-15-12-11-13-16-20)32(28(6,7)9-2)25(35)21(17-18-22(29)33)31-26(36)37-27(3,4)5/h11-13,15-16,21,23H,8-10,14,17-19H2,1-7H3,(H2,29,33)(H,30,34)(H,31,36). The van der Waals surface area contributed by atoms with Crippen LogP contribution in [0.4, 0.5) is 4.79 Å². The lowest BCUT2D eigenvalue weighted by atomic mass is 9.91.